The highest BCUT2D eigenvalue weighted by atomic mass is 16.5. The van der Waals surface area contributed by atoms with E-state index in [0.717, 1.165) is 0 Å². The van der Waals surface area contributed by atoms with Crippen molar-refractivity contribution in [1.82, 2.24) is 10.6 Å². The molecule has 0 aliphatic carbocycles. The van der Waals surface area contributed by atoms with Gasteiger partial charge in [-0.15, -0.1) is 0 Å². The molecule has 0 aromatic rings. The van der Waals surface area contributed by atoms with Crippen molar-refractivity contribution < 1.29 is 19.4 Å². The lowest BCUT2D eigenvalue weighted by Gasteiger charge is -2.15. The molecule has 0 spiro atoms. The quantitative estimate of drug-likeness (QED) is 0.289. The van der Waals surface area contributed by atoms with E-state index < -0.39 is 12.0 Å². The Morgan fingerprint density at radius 3 is 2.60 bits per heavy atom. The monoisotopic (exact) mass is 218 g/mol. The molecule has 0 saturated carbocycles. The lowest BCUT2D eigenvalue weighted by atomic mass is 10.1. The van der Waals surface area contributed by atoms with Crippen molar-refractivity contribution in [3.8, 4) is 0 Å². The fourth-order valence-electron chi connectivity index (χ4n) is 1.15. The lowest BCUT2D eigenvalue weighted by Crippen LogP contribution is -2.40. The fraction of sp³-hybridized carbons (Fsp3) is 0.778. The van der Waals surface area contributed by atoms with Crippen molar-refractivity contribution in [1.29, 1.82) is 0 Å². The first-order valence-corrected chi connectivity index (χ1v) is 4.78. The Kier molecular flexibility index (Phi) is 7.57. The minimum absolute atomic E-state index is 0.0942. The van der Waals surface area contributed by atoms with Crippen LogP contribution in [0.3, 0.4) is 0 Å². The van der Waals surface area contributed by atoms with Crippen LogP contribution >= 0.6 is 0 Å². The maximum Gasteiger partial charge on any atom is 0.328 e. The van der Waals surface area contributed by atoms with Gasteiger partial charge in [0.15, 0.2) is 0 Å². The zero-order chi connectivity index (χ0) is 11.7. The standard InChI is InChI=1S/C9H18N2O4/c1-7(13)11-8(9(14)15-2)4-3-5-10-6-12/h8,10,12H,3-6H2,1-2H3,(H,11,13)/t8-/m1/s1. The van der Waals surface area contributed by atoms with Gasteiger partial charge in [-0.2, -0.15) is 0 Å². The number of hydrogen-bond donors (Lipinski definition) is 3. The second kappa shape index (κ2) is 8.19. The summed E-state index contributed by atoms with van der Waals surface area (Å²) in [6.45, 7) is 1.84. The van der Waals surface area contributed by atoms with Crippen molar-refractivity contribution >= 4 is 11.9 Å². The third-order valence-electron chi connectivity index (χ3n) is 1.82. The Morgan fingerprint density at radius 1 is 1.47 bits per heavy atom. The highest BCUT2D eigenvalue weighted by Crippen LogP contribution is 1.99. The topological polar surface area (TPSA) is 87.7 Å². The van der Waals surface area contributed by atoms with E-state index in [1.165, 1.54) is 14.0 Å². The van der Waals surface area contributed by atoms with Gasteiger partial charge in [-0.25, -0.2) is 4.79 Å². The van der Waals surface area contributed by atoms with Gasteiger partial charge in [0.25, 0.3) is 0 Å². The summed E-state index contributed by atoms with van der Waals surface area (Å²) >= 11 is 0. The molecule has 0 aliphatic heterocycles. The minimum atomic E-state index is -0.604. The van der Waals surface area contributed by atoms with Crippen molar-refractivity contribution in [3.63, 3.8) is 0 Å². The predicted molar refractivity (Wildman–Crippen MR) is 53.9 cm³/mol. The molecule has 6 heteroatoms. The van der Waals surface area contributed by atoms with Crippen LogP contribution in [0.1, 0.15) is 19.8 Å². The maximum absolute atomic E-state index is 11.2. The Labute approximate surface area is 89.0 Å². The van der Waals surface area contributed by atoms with E-state index >= 15 is 0 Å². The molecule has 6 nitrogen and oxygen atoms in total. The van der Waals surface area contributed by atoms with Gasteiger partial charge in [0.05, 0.1) is 13.8 Å². The number of aliphatic hydroxyl groups is 1. The molecule has 15 heavy (non-hydrogen) atoms. The van der Waals surface area contributed by atoms with Crippen LogP contribution in [0.4, 0.5) is 0 Å². The van der Waals surface area contributed by atoms with Crippen LogP contribution in [-0.4, -0.2) is 43.4 Å². The Hall–Kier alpha value is -1.14. The van der Waals surface area contributed by atoms with Gasteiger partial charge in [-0.05, 0) is 19.4 Å². The number of rotatable bonds is 7. The number of aliphatic hydroxyl groups excluding tert-OH is 1. The predicted octanol–water partition coefficient (Wildman–Crippen LogP) is -1.02. The minimum Gasteiger partial charge on any atom is -0.467 e. The second-order valence-electron chi connectivity index (χ2n) is 3.08. The lowest BCUT2D eigenvalue weighted by molar-refractivity contribution is -0.145. The maximum atomic E-state index is 11.2. The normalized spacial score (nSPS) is 11.9. The molecule has 0 aliphatic rings. The van der Waals surface area contributed by atoms with Crippen LogP contribution in [0, 0.1) is 0 Å². The number of nitrogens with one attached hydrogen (secondary N) is 2. The second-order valence-corrected chi connectivity index (χ2v) is 3.08. The Morgan fingerprint density at radius 2 is 2.13 bits per heavy atom. The van der Waals surface area contributed by atoms with E-state index in [1.807, 2.05) is 0 Å². The first-order chi connectivity index (χ1) is 7.11. The van der Waals surface area contributed by atoms with Gasteiger partial charge in [0.2, 0.25) is 5.91 Å². The molecule has 88 valence electrons. The molecule has 0 aromatic heterocycles. The highest BCUT2D eigenvalue weighted by molar-refractivity contribution is 5.83. The molecule has 3 N–H and O–H groups in total. The van der Waals surface area contributed by atoms with E-state index in [9.17, 15) is 9.59 Å². The average molecular weight is 218 g/mol. The number of amides is 1. The van der Waals surface area contributed by atoms with Gasteiger partial charge >= 0.3 is 5.97 Å². The zero-order valence-electron chi connectivity index (χ0n) is 9.08. The smallest absolute Gasteiger partial charge is 0.328 e. The molecular weight excluding hydrogens is 200 g/mol. The first kappa shape index (κ1) is 13.9. The fourth-order valence-corrected chi connectivity index (χ4v) is 1.15. The molecule has 0 aromatic carbocycles. The third-order valence-corrected chi connectivity index (χ3v) is 1.82. The van der Waals surface area contributed by atoms with Gasteiger partial charge < -0.3 is 15.2 Å². The van der Waals surface area contributed by atoms with E-state index in [0.29, 0.717) is 19.4 Å². The molecule has 0 unspecified atom stereocenters. The SMILES string of the molecule is COC(=O)[C@@H](CCCNCO)NC(C)=O. The summed E-state index contributed by atoms with van der Waals surface area (Å²) in [6.07, 6.45) is 1.15. The Bertz CT molecular complexity index is 208. The van der Waals surface area contributed by atoms with Gasteiger partial charge in [0, 0.05) is 6.92 Å². The Balaban J connectivity index is 3.90. The molecule has 0 bridgehead atoms. The summed E-state index contributed by atoms with van der Waals surface area (Å²) in [6, 6.07) is -0.604. The molecule has 1 atom stereocenters. The van der Waals surface area contributed by atoms with Gasteiger partial charge in [-0.3, -0.25) is 10.1 Å². The summed E-state index contributed by atoms with van der Waals surface area (Å²) in [5, 5.41) is 13.7. The molecule has 0 radical (unpaired) electrons. The van der Waals surface area contributed by atoms with Crippen LogP contribution in [0.25, 0.3) is 0 Å². The highest BCUT2D eigenvalue weighted by Gasteiger charge is 2.18. The summed E-state index contributed by atoms with van der Waals surface area (Å²) < 4.78 is 4.55. The number of methoxy groups -OCH3 is 1. The average Bonchev–Trinajstić information content (AvgIpc) is 2.21. The van der Waals surface area contributed by atoms with Gasteiger partial charge in [0.1, 0.15) is 6.04 Å². The number of ether oxygens (including phenoxy) is 1. The van der Waals surface area contributed by atoms with E-state index in [1.54, 1.807) is 0 Å². The van der Waals surface area contributed by atoms with Crippen molar-refractivity contribution in [2.24, 2.45) is 0 Å². The molecular formula is C9H18N2O4. The van der Waals surface area contributed by atoms with Crippen LogP contribution in [0.2, 0.25) is 0 Å². The van der Waals surface area contributed by atoms with Gasteiger partial charge in [-0.1, -0.05) is 0 Å². The molecule has 1 amide bonds. The van der Waals surface area contributed by atoms with Crippen molar-refractivity contribution in [2.75, 3.05) is 20.4 Å². The largest absolute Gasteiger partial charge is 0.467 e. The number of hydrogen-bond acceptors (Lipinski definition) is 5. The van der Waals surface area contributed by atoms with Crippen LogP contribution in [0.15, 0.2) is 0 Å². The number of carbonyl (C=O) groups excluding carboxylic acids is 2. The van der Waals surface area contributed by atoms with Crippen LogP contribution in [-0.2, 0) is 14.3 Å². The first-order valence-electron chi connectivity index (χ1n) is 4.78. The van der Waals surface area contributed by atoms with Crippen molar-refractivity contribution in [2.45, 2.75) is 25.8 Å². The number of esters is 1. The summed E-state index contributed by atoms with van der Waals surface area (Å²) in [5.41, 5.74) is 0. The van der Waals surface area contributed by atoms with Crippen LogP contribution < -0.4 is 10.6 Å². The summed E-state index contributed by atoms with van der Waals surface area (Å²) in [7, 11) is 1.28. The molecule has 0 saturated heterocycles. The number of carbonyl (C=O) groups is 2. The summed E-state index contributed by atoms with van der Waals surface area (Å²) in [4.78, 5) is 22.0. The molecule has 0 rings (SSSR count). The molecule has 0 fully saturated rings. The van der Waals surface area contributed by atoms with Crippen LogP contribution in [0.5, 0.6) is 0 Å². The van der Waals surface area contributed by atoms with Crippen molar-refractivity contribution in [3.05, 3.63) is 0 Å². The molecule has 0 heterocycles. The zero-order valence-corrected chi connectivity index (χ0v) is 9.08. The third kappa shape index (κ3) is 6.87. The summed E-state index contributed by atoms with van der Waals surface area (Å²) in [5.74, 6) is -0.713. The van der Waals surface area contributed by atoms with E-state index in [-0.39, 0.29) is 12.6 Å². The van der Waals surface area contributed by atoms with E-state index in [2.05, 4.69) is 15.4 Å². The van der Waals surface area contributed by atoms with E-state index in [4.69, 9.17) is 5.11 Å².